The Labute approximate surface area is 201 Å². The van der Waals surface area contributed by atoms with Gasteiger partial charge in [0.05, 0.1) is 24.9 Å². The minimum absolute atomic E-state index is 0.206. The number of para-hydroxylation sites is 1. The molecule has 2 aromatic carbocycles. The molecular weight excluding hydrogens is 466 g/mol. The molecule has 0 aliphatic carbocycles. The number of methoxy groups -OCH3 is 2. The highest BCUT2D eigenvalue weighted by molar-refractivity contribution is 8.01. The average molecular weight is 490 g/mol. The first kappa shape index (κ1) is 23.3. The Balaban J connectivity index is 1.58. The van der Waals surface area contributed by atoms with Crippen molar-refractivity contribution in [1.29, 1.82) is 0 Å². The van der Waals surface area contributed by atoms with Crippen LogP contribution >= 0.6 is 23.4 Å². The second-order valence-corrected chi connectivity index (χ2v) is 9.21. The lowest BCUT2D eigenvalue weighted by atomic mass is 10.2. The summed E-state index contributed by atoms with van der Waals surface area (Å²) in [7, 11) is 2.96. The number of amides is 3. The number of benzene rings is 2. The van der Waals surface area contributed by atoms with Crippen LogP contribution in [0.25, 0.3) is 0 Å². The fourth-order valence-corrected chi connectivity index (χ4v) is 5.36. The largest absolute Gasteiger partial charge is 0.497 e. The number of hydrogen-bond acceptors (Lipinski definition) is 6. The molecule has 2 aliphatic rings. The van der Waals surface area contributed by atoms with Crippen LogP contribution in [0.4, 0.5) is 11.4 Å². The molecule has 2 aromatic rings. The van der Waals surface area contributed by atoms with Gasteiger partial charge in [0.1, 0.15) is 23.7 Å². The normalized spacial score (nSPS) is 17.5. The van der Waals surface area contributed by atoms with Crippen molar-refractivity contribution in [2.45, 2.75) is 23.0 Å². The van der Waals surface area contributed by atoms with Crippen LogP contribution in [0.3, 0.4) is 0 Å². The minimum Gasteiger partial charge on any atom is -0.497 e. The number of fused-ring (bicyclic) bond motifs is 1. The van der Waals surface area contributed by atoms with E-state index in [2.05, 4.69) is 5.32 Å². The van der Waals surface area contributed by atoms with E-state index in [1.165, 1.54) is 30.9 Å². The lowest BCUT2D eigenvalue weighted by molar-refractivity contribution is -0.134. The van der Waals surface area contributed by atoms with Crippen molar-refractivity contribution in [3.8, 4) is 11.5 Å². The molecule has 0 spiro atoms. The number of thioether (sulfide) groups is 1. The average Bonchev–Trinajstić information content (AvgIpc) is 3.36. The molecule has 174 valence electrons. The summed E-state index contributed by atoms with van der Waals surface area (Å²) in [4.78, 5) is 43.3. The zero-order valence-corrected chi connectivity index (χ0v) is 19.9. The fourth-order valence-electron chi connectivity index (χ4n) is 3.92. The number of halogens is 1. The predicted octanol–water partition coefficient (Wildman–Crippen LogP) is 3.43. The third kappa shape index (κ3) is 4.74. The van der Waals surface area contributed by atoms with Gasteiger partial charge in [-0.3, -0.25) is 14.4 Å². The maximum atomic E-state index is 13.4. The van der Waals surface area contributed by atoms with Crippen molar-refractivity contribution in [2.75, 3.05) is 44.1 Å². The van der Waals surface area contributed by atoms with E-state index in [4.69, 9.17) is 21.1 Å². The molecule has 0 aromatic heterocycles. The summed E-state index contributed by atoms with van der Waals surface area (Å²) in [5.74, 6) is -0.269. The Hall–Kier alpha value is -2.91. The molecule has 0 radical (unpaired) electrons. The van der Waals surface area contributed by atoms with Crippen molar-refractivity contribution >= 4 is 52.5 Å². The fraction of sp³-hybridized carbons (Fsp3) is 0.348. The maximum absolute atomic E-state index is 13.4. The highest BCUT2D eigenvalue weighted by Gasteiger charge is 2.41. The highest BCUT2D eigenvalue weighted by Crippen LogP contribution is 2.40. The molecule has 1 N–H and O–H groups in total. The van der Waals surface area contributed by atoms with Gasteiger partial charge in [-0.15, -0.1) is 11.8 Å². The molecule has 8 nitrogen and oxygen atoms in total. The van der Waals surface area contributed by atoms with Gasteiger partial charge in [-0.2, -0.15) is 0 Å². The Kier molecular flexibility index (Phi) is 6.99. The molecule has 10 heteroatoms. The number of ether oxygens (including phenoxy) is 2. The summed E-state index contributed by atoms with van der Waals surface area (Å²) in [6.45, 7) is 1.04. The third-order valence-corrected chi connectivity index (χ3v) is 7.12. The van der Waals surface area contributed by atoms with Gasteiger partial charge in [-0.1, -0.05) is 23.7 Å². The molecule has 0 saturated carbocycles. The summed E-state index contributed by atoms with van der Waals surface area (Å²) >= 11 is 7.56. The molecule has 1 fully saturated rings. The van der Waals surface area contributed by atoms with Crippen molar-refractivity contribution in [2.24, 2.45) is 0 Å². The quantitative estimate of drug-likeness (QED) is 0.625. The minimum atomic E-state index is -0.912. The van der Waals surface area contributed by atoms with E-state index in [1.807, 2.05) is 12.1 Å². The number of anilines is 2. The summed E-state index contributed by atoms with van der Waals surface area (Å²) < 4.78 is 10.5. The van der Waals surface area contributed by atoms with Crippen molar-refractivity contribution in [3.63, 3.8) is 0 Å². The number of carbonyl (C=O) groups excluding carboxylic acids is 3. The maximum Gasteiger partial charge on any atom is 0.250 e. The third-order valence-electron chi connectivity index (χ3n) is 5.58. The van der Waals surface area contributed by atoms with E-state index in [9.17, 15) is 14.4 Å². The van der Waals surface area contributed by atoms with Crippen LogP contribution in [0, 0.1) is 0 Å². The molecular formula is C23H24ClN3O5S. The number of likely N-dealkylation sites (tertiary alicyclic amines) is 1. The molecule has 1 saturated heterocycles. The van der Waals surface area contributed by atoms with Crippen LogP contribution in [0.15, 0.2) is 41.3 Å². The summed E-state index contributed by atoms with van der Waals surface area (Å²) in [5.41, 5.74) is 0.877. The molecule has 1 atom stereocenters. The molecule has 4 rings (SSSR count). The molecule has 2 aliphatic heterocycles. The number of nitrogens with one attached hydrogen (secondary N) is 1. The van der Waals surface area contributed by atoms with Gasteiger partial charge in [0, 0.05) is 30.1 Å². The van der Waals surface area contributed by atoms with E-state index >= 15 is 0 Å². The first-order valence-electron chi connectivity index (χ1n) is 10.5. The van der Waals surface area contributed by atoms with Gasteiger partial charge in [0.2, 0.25) is 11.8 Å². The SMILES string of the molecule is COc1cc(Cl)c(NC(=O)CN2C(=O)[C@H](C(=O)N3CCCC3)Sc3ccccc32)c(OC)c1. The van der Waals surface area contributed by atoms with E-state index in [1.54, 1.807) is 29.2 Å². The zero-order valence-electron chi connectivity index (χ0n) is 18.3. The van der Waals surface area contributed by atoms with E-state index in [0.29, 0.717) is 30.3 Å². The molecule has 2 heterocycles. The Morgan fingerprint density at radius 1 is 1.15 bits per heavy atom. The number of nitrogens with zero attached hydrogens (tertiary/aromatic N) is 2. The monoisotopic (exact) mass is 489 g/mol. The topological polar surface area (TPSA) is 88.2 Å². The number of rotatable bonds is 6. The van der Waals surface area contributed by atoms with Gasteiger partial charge in [0.25, 0.3) is 5.91 Å². The molecule has 33 heavy (non-hydrogen) atoms. The van der Waals surface area contributed by atoms with Crippen LogP contribution in [0.2, 0.25) is 5.02 Å². The second kappa shape index (κ2) is 9.93. The van der Waals surface area contributed by atoms with Gasteiger partial charge >= 0.3 is 0 Å². The van der Waals surface area contributed by atoms with E-state index in [0.717, 1.165) is 17.7 Å². The van der Waals surface area contributed by atoms with Crippen molar-refractivity contribution in [3.05, 3.63) is 41.4 Å². The lowest BCUT2D eigenvalue weighted by Gasteiger charge is -2.34. The van der Waals surface area contributed by atoms with Crippen molar-refractivity contribution < 1.29 is 23.9 Å². The summed E-state index contributed by atoms with van der Waals surface area (Å²) in [6, 6.07) is 10.4. The predicted molar refractivity (Wildman–Crippen MR) is 127 cm³/mol. The van der Waals surface area contributed by atoms with E-state index < -0.39 is 17.1 Å². The second-order valence-electron chi connectivity index (χ2n) is 7.66. The van der Waals surface area contributed by atoms with Crippen LogP contribution in [-0.4, -0.2) is 61.7 Å². The van der Waals surface area contributed by atoms with Gasteiger partial charge < -0.3 is 24.6 Å². The van der Waals surface area contributed by atoms with Gasteiger partial charge in [-0.25, -0.2) is 0 Å². The van der Waals surface area contributed by atoms with Gasteiger partial charge in [-0.05, 0) is 25.0 Å². The summed E-state index contributed by atoms with van der Waals surface area (Å²) in [5, 5.41) is 2.06. The Morgan fingerprint density at radius 3 is 2.58 bits per heavy atom. The smallest absolute Gasteiger partial charge is 0.250 e. The summed E-state index contributed by atoms with van der Waals surface area (Å²) in [6.07, 6.45) is 1.87. The lowest BCUT2D eigenvalue weighted by Crippen LogP contribution is -2.51. The van der Waals surface area contributed by atoms with Crippen LogP contribution in [0.1, 0.15) is 12.8 Å². The molecule has 0 bridgehead atoms. The first-order valence-corrected chi connectivity index (χ1v) is 11.8. The highest BCUT2D eigenvalue weighted by atomic mass is 35.5. The van der Waals surface area contributed by atoms with Gasteiger partial charge in [0.15, 0.2) is 5.25 Å². The van der Waals surface area contributed by atoms with Crippen molar-refractivity contribution in [1.82, 2.24) is 4.90 Å². The number of hydrogen-bond donors (Lipinski definition) is 1. The van der Waals surface area contributed by atoms with E-state index in [-0.39, 0.29) is 23.2 Å². The standard InChI is InChI=1S/C23H24ClN3O5S/c1-31-14-11-15(24)20(17(12-14)32-2)25-19(28)13-27-16-7-3-4-8-18(16)33-21(23(27)30)22(29)26-9-5-6-10-26/h3-4,7-8,11-12,21H,5-6,9-10,13H2,1-2H3,(H,25,28)/t21-/m0/s1. The number of carbonyl (C=O) groups is 3. The Morgan fingerprint density at radius 2 is 1.88 bits per heavy atom. The molecule has 0 unspecified atom stereocenters. The zero-order chi connectivity index (χ0) is 23.5. The van der Waals surface area contributed by atoms with Crippen LogP contribution < -0.4 is 19.7 Å². The Bertz CT molecular complexity index is 1090. The van der Waals surface area contributed by atoms with Crippen LogP contribution in [-0.2, 0) is 14.4 Å². The first-order chi connectivity index (χ1) is 15.9. The van der Waals surface area contributed by atoms with Crippen LogP contribution in [0.5, 0.6) is 11.5 Å². The molecule has 3 amide bonds.